The third-order valence-corrected chi connectivity index (χ3v) is 2.62. The zero-order chi connectivity index (χ0) is 12.1. The van der Waals surface area contributed by atoms with Crippen molar-refractivity contribution in [3.05, 3.63) is 34.9 Å². The number of aryl methyl sites for hydroxylation is 2. The lowest BCUT2D eigenvalue weighted by molar-refractivity contribution is -0.121. The van der Waals surface area contributed by atoms with E-state index in [1.165, 1.54) is 5.56 Å². The summed E-state index contributed by atoms with van der Waals surface area (Å²) in [4.78, 5) is 11.7. The van der Waals surface area contributed by atoms with Gasteiger partial charge in [-0.3, -0.25) is 4.79 Å². The summed E-state index contributed by atoms with van der Waals surface area (Å²) in [5, 5.41) is 2.86. The second-order valence-corrected chi connectivity index (χ2v) is 4.31. The van der Waals surface area contributed by atoms with Crippen molar-refractivity contribution in [2.24, 2.45) is 5.73 Å². The lowest BCUT2D eigenvalue weighted by Gasteiger charge is -2.12. The number of nitrogens with two attached hydrogens (primary N) is 1. The van der Waals surface area contributed by atoms with E-state index in [-0.39, 0.29) is 11.9 Å². The van der Waals surface area contributed by atoms with Gasteiger partial charge in [0, 0.05) is 12.6 Å². The maximum Gasteiger partial charge on any atom is 0.224 e. The maximum atomic E-state index is 11.7. The minimum absolute atomic E-state index is 0.0339. The summed E-state index contributed by atoms with van der Waals surface area (Å²) in [6.45, 7) is 6.43. The van der Waals surface area contributed by atoms with Gasteiger partial charge >= 0.3 is 0 Å². The lowest BCUT2D eigenvalue weighted by atomic mass is 10.0. The Hall–Kier alpha value is -1.35. The Morgan fingerprint density at radius 3 is 2.75 bits per heavy atom. The van der Waals surface area contributed by atoms with E-state index >= 15 is 0 Å². The Morgan fingerprint density at radius 1 is 1.44 bits per heavy atom. The molecule has 0 unspecified atom stereocenters. The average molecular weight is 220 g/mol. The summed E-state index contributed by atoms with van der Waals surface area (Å²) in [7, 11) is 0. The first-order chi connectivity index (χ1) is 7.52. The molecule has 0 aliphatic rings. The van der Waals surface area contributed by atoms with Crippen LogP contribution >= 0.6 is 0 Å². The van der Waals surface area contributed by atoms with Crippen molar-refractivity contribution in [2.75, 3.05) is 6.54 Å². The van der Waals surface area contributed by atoms with E-state index in [0.29, 0.717) is 13.0 Å². The molecule has 3 heteroatoms. The molecule has 0 radical (unpaired) electrons. The van der Waals surface area contributed by atoms with Crippen molar-refractivity contribution in [3.63, 3.8) is 0 Å². The van der Waals surface area contributed by atoms with Crippen LogP contribution in [-0.4, -0.2) is 18.5 Å². The van der Waals surface area contributed by atoms with Crippen LogP contribution in [0.15, 0.2) is 18.2 Å². The summed E-state index contributed by atoms with van der Waals surface area (Å²) in [6.07, 6.45) is 0.428. The Balaban J connectivity index is 2.65. The molecule has 3 nitrogen and oxygen atoms in total. The molecule has 3 N–H and O–H groups in total. The smallest absolute Gasteiger partial charge is 0.224 e. The van der Waals surface area contributed by atoms with Gasteiger partial charge in [-0.1, -0.05) is 23.8 Å². The van der Waals surface area contributed by atoms with E-state index in [2.05, 4.69) is 17.4 Å². The molecule has 1 rings (SSSR count). The molecular weight excluding hydrogens is 200 g/mol. The van der Waals surface area contributed by atoms with Crippen molar-refractivity contribution >= 4 is 5.91 Å². The molecule has 1 aromatic rings. The van der Waals surface area contributed by atoms with Crippen molar-refractivity contribution in [3.8, 4) is 0 Å². The molecule has 0 fully saturated rings. The van der Waals surface area contributed by atoms with Gasteiger partial charge in [0.05, 0.1) is 6.42 Å². The molecule has 1 amide bonds. The monoisotopic (exact) mass is 220 g/mol. The Labute approximate surface area is 97.0 Å². The number of carbonyl (C=O) groups excluding carboxylic acids is 1. The van der Waals surface area contributed by atoms with Crippen LogP contribution in [0.25, 0.3) is 0 Å². The summed E-state index contributed by atoms with van der Waals surface area (Å²) in [6, 6.07) is 6.20. The van der Waals surface area contributed by atoms with E-state index in [0.717, 1.165) is 11.1 Å². The first-order valence-electron chi connectivity index (χ1n) is 5.58. The highest BCUT2D eigenvalue weighted by molar-refractivity contribution is 5.79. The SMILES string of the molecule is Cc1ccc(C)c(CC(=O)N[C@H](C)CN)c1. The van der Waals surface area contributed by atoms with Gasteiger partial charge in [-0.15, -0.1) is 0 Å². The first kappa shape index (κ1) is 12.7. The fourth-order valence-electron chi connectivity index (χ4n) is 1.55. The van der Waals surface area contributed by atoms with Crippen molar-refractivity contribution in [1.29, 1.82) is 0 Å². The number of rotatable bonds is 4. The molecule has 0 bridgehead atoms. The first-order valence-corrected chi connectivity index (χ1v) is 5.58. The number of nitrogens with one attached hydrogen (secondary N) is 1. The average Bonchev–Trinajstić information content (AvgIpc) is 2.23. The van der Waals surface area contributed by atoms with Crippen LogP contribution in [0.1, 0.15) is 23.6 Å². The number of carbonyl (C=O) groups is 1. The fraction of sp³-hybridized carbons (Fsp3) is 0.462. The second-order valence-electron chi connectivity index (χ2n) is 4.31. The van der Waals surface area contributed by atoms with Crippen molar-refractivity contribution in [1.82, 2.24) is 5.32 Å². The normalized spacial score (nSPS) is 12.2. The summed E-state index contributed by atoms with van der Waals surface area (Å²) >= 11 is 0. The van der Waals surface area contributed by atoms with Gasteiger partial charge in [0.1, 0.15) is 0 Å². The zero-order valence-corrected chi connectivity index (χ0v) is 10.2. The van der Waals surface area contributed by atoms with E-state index in [1.807, 2.05) is 26.8 Å². The minimum atomic E-state index is 0.0339. The Morgan fingerprint density at radius 2 is 2.12 bits per heavy atom. The molecule has 1 atom stereocenters. The molecule has 16 heavy (non-hydrogen) atoms. The zero-order valence-electron chi connectivity index (χ0n) is 10.2. The van der Waals surface area contributed by atoms with Crippen LogP contribution in [0.5, 0.6) is 0 Å². The number of hydrogen-bond acceptors (Lipinski definition) is 2. The maximum absolute atomic E-state index is 11.7. The third-order valence-electron chi connectivity index (χ3n) is 2.62. The lowest BCUT2D eigenvalue weighted by Crippen LogP contribution is -2.38. The highest BCUT2D eigenvalue weighted by Crippen LogP contribution is 2.11. The van der Waals surface area contributed by atoms with E-state index in [1.54, 1.807) is 0 Å². The standard InChI is InChI=1S/C13H20N2O/c1-9-4-5-10(2)12(6-9)7-13(16)15-11(3)8-14/h4-6,11H,7-8,14H2,1-3H3,(H,15,16)/t11-/m1/s1. The van der Waals surface area contributed by atoms with Crippen LogP contribution < -0.4 is 11.1 Å². The minimum Gasteiger partial charge on any atom is -0.352 e. The molecule has 0 aliphatic heterocycles. The van der Waals surface area contributed by atoms with Gasteiger partial charge in [-0.25, -0.2) is 0 Å². The highest BCUT2D eigenvalue weighted by Gasteiger charge is 2.08. The topological polar surface area (TPSA) is 55.1 Å². The van der Waals surface area contributed by atoms with Gasteiger partial charge in [0.25, 0.3) is 0 Å². The van der Waals surface area contributed by atoms with Crippen LogP contribution in [0, 0.1) is 13.8 Å². The fourth-order valence-corrected chi connectivity index (χ4v) is 1.55. The van der Waals surface area contributed by atoms with Crippen LogP contribution in [0.4, 0.5) is 0 Å². The third kappa shape index (κ3) is 3.66. The molecular formula is C13H20N2O. The van der Waals surface area contributed by atoms with Gasteiger partial charge < -0.3 is 11.1 Å². The second kappa shape index (κ2) is 5.66. The van der Waals surface area contributed by atoms with Gasteiger partial charge in [-0.2, -0.15) is 0 Å². The molecule has 1 aromatic carbocycles. The molecule has 0 aliphatic carbocycles. The highest BCUT2D eigenvalue weighted by atomic mass is 16.1. The predicted molar refractivity (Wildman–Crippen MR) is 66.3 cm³/mol. The number of hydrogen-bond donors (Lipinski definition) is 2. The molecule has 0 saturated carbocycles. The van der Waals surface area contributed by atoms with Crippen LogP contribution in [0.3, 0.4) is 0 Å². The Bertz CT molecular complexity index is 374. The van der Waals surface area contributed by atoms with E-state index < -0.39 is 0 Å². The van der Waals surface area contributed by atoms with Gasteiger partial charge in [0.15, 0.2) is 0 Å². The van der Waals surface area contributed by atoms with Crippen LogP contribution in [0.2, 0.25) is 0 Å². The summed E-state index contributed by atoms with van der Waals surface area (Å²) < 4.78 is 0. The van der Waals surface area contributed by atoms with Crippen LogP contribution in [-0.2, 0) is 11.2 Å². The summed E-state index contributed by atoms with van der Waals surface area (Å²) in [5.74, 6) is 0.0339. The van der Waals surface area contributed by atoms with E-state index in [9.17, 15) is 4.79 Å². The van der Waals surface area contributed by atoms with E-state index in [4.69, 9.17) is 5.73 Å². The largest absolute Gasteiger partial charge is 0.352 e. The van der Waals surface area contributed by atoms with Crippen molar-refractivity contribution < 1.29 is 4.79 Å². The molecule has 0 heterocycles. The quantitative estimate of drug-likeness (QED) is 0.804. The number of amides is 1. The predicted octanol–water partition coefficient (Wildman–Crippen LogP) is 1.31. The van der Waals surface area contributed by atoms with Crippen molar-refractivity contribution in [2.45, 2.75) is 33.2 Å². The van der Waals surface area contributed by atoms with Gasteiger partial charge in [0.2, 0.25) is 5.91 Å². The molecule has 0 saturated heterocycles. The Kier molecular flexibility index (Phi) is 4.50. The molecule has 88 valence electrons. The van der Waals surface area contributed by atoms with Gasteiger partial charge in [-0.05, 0) is 31.9 Å². The molecule has 0 spiro atoms. The summed E-state index contributed by atoms with van der Waals surface area (Å²) in [5.41, 5.74) is 8.87. The molecule has 0 aromatic heterocycles. The number of benzene rings is 1.